The molecule has 0 aliphatic carbocycles. The Morgan fingerprint density at radius 1 is 0.933 bits per heavy atom. The van der Waals surface area contributed by atoms with E-state index in [9.17, 15) is 4.79 Å². The highest BCUT2D eigenvalue weighted by molar-refractivity contribution is 5.82. The molecule has 2 heterocycles. The standard InChI is InChI=1S/C26H26N2O2/c1-19(20-11-5-2-6-12-20)27-24-17-25(29)28-23(21-13-7-3-8-14-21)18-30-26(24,28)22-15-9-4-10-16-22/h2-16,19,23-24,27H,17-18H2,1H3/t19-,23+,24+,26+/m0/s1. The van der Waals surface area contributed by atoms with Crippen molar-refractivity contribution in [3.05, 3.63) is 108 Å². The van der Waals surface area contributed by atoms with Crippen molar-refractivity contribution in [3.63, 3.8) is 0 Å². The quantitative estimate of drug-likeness (QED) is 0.685. The fourth-order valence-corrected chi connectivity index (χ4v) is 4.95. The molecule has 2 saturated heterocycles. The van der Waals surface area contributed by atoms with Gasteiger partial charge in [-0.3, -0.25) is 9.69 Å². The summed E-state index contributed by atoms with van der Waals surface area (Å²) < 4.78 is 6.58. The molecule has 3 aromatic rings. The van der Waals surface area contributed by atoms with Gasteiger partial charge in [-0.1, -0.05) is 91.0 Å². The maximum atomic E-state index is 13.4. The Kier molecular flexibility index (Phi) is 4.89. The Bertz CT molecular complexity index is 1010. The number of fused-ring (bicyclic) bond motifs is 1. The number of benzene rings is 3. The summed E-state index contributed by atoms with van der Waals surface area (Å²) in [7, 11) is 0. The van der Waals surface area contributed by atoms with Crippen molar-refractivity contribution >= 4 is 5.91 Å². The second kappa shape index (κ2) is 7.71. The van der Waals surface area contributed by atoms with Crippen molar-refractivity contribution in [1.82, 2.24) is 10.2 Å². The van der Waals surface area contributed by atoms with Crippen LogP contribution < -0.4 is 5.32 Å². The Morgan fingerprint density at radius 2 is 1.53 bits per heavy atom. The van der Waals surface area contributed by atoms with E-state index in [0.29, 0.717) is 13.0 Å². The van der Waals surface area contributed by atoms with Gasteiger partial charge in [-0.25, -0.2) is 0 Å². The number of nitrogens with one attached hydrogen (secondary N) is 1. The summed E-state index contributed by atoms with van der Waals surface area (Å²) in [5.41, 5.74) is 2.53. The van der Waals surface area contributed by atoms with Crippen molar-refractivity contribution < 1.29 is 9.53 Å². The molecule has 0 unspecified atom stereocenters. The molecular formula is C26H26N2O2. The summed E-state index contributed by atoms with van der Waals surface area (Å²) >= 11 is 0. The van der Waals surface area contributed by atoms with Gasteiger partial charge in [0.1, 0.15) is 0 Å². The number of hydrogen-bond acceptors (Lipinski definition) is 3. The van der Waals surface area contributed by atoms with Gasteiger partial charge in [-0.05, 0) is 18.1 Å². The number of amides is 1. The van der Waals surface area contributed by atoms with Gasteiger partial charge in [0, 0.05) is 18.0 Å². The molecule has 0 saturated carbocycles. The highest BCUT2D eigenvalue weighted by Gasteiger charge is 2.61. The van der Waals surface area contributed by atoms with Crippen LogP contribution in [-0.4, -0.2) is 23.5 Å². The zero-order chi connectivity index (χ0) is 20.6. The minimum absolute atomic E-state index is 0.0854. The molecule has 2 fully saturated rings. The van der Waals surface area contributed by atoms with Crippen LogP contribution in [0.15, 0.2) is 91.0 Å². The highest BCUT2D eigenvalue weighted by Crippen LogP contribution is 2.51. The minimum atomic E-state index is -0.804. The van der Waals surface area contributed by atoms with Gasteiger partial charge in [0.05, 0.1) is 18.7 Å². The van der Waals surface area contributed by atoms with Crippen molar-refractivity contribution in [2.24, 2.45) is 0 Å². The van der Waals surface area contributed by atoms with Crippen LogP contribution in [0.5, 0.6) is 0 Å². The zero-order valence-electron chi connectivity index (χ0n) is 17.1. The van der Waals surface area contributed by atoms with Gasteiger partial charge in [0.2, 0.25) is 5.91 Å². The third-order valence-corrected chi connectivity index (χ3v) is 6.37. The summed E-state index contributed by atoms with van der Waals surface area (Å²) in [6.07, 6.45) is 0.412. The van der Waals surface area contributed by atoms with Crippen molar-refractivity contribution in [1.29, 1.82) is 0 Å². The second-order valence-electron chi connectivity index (χ2n) is 8.12. The third-order valence-electron chi connectivity index (χ3n) is 6.37. The lowest BCUT2D eigenvalue weighted by atomic mass is 9.93. The summed E-state index contributed by atoms with van der Waals surface area (Å²) in [4.78, 5) is 15.3. The Labute approximate surface area is 177 Å². The molecular weight excluding hydrogens is 372 g/mol. The van der Waals surface area contributed by atoms with E-state index in [2.05, 4.69) is 48.6 Å². The maximum Gasteiger partial charge on any atom is 0.227 e. The average molecular weight is 399 g/mol. The van der Waals surface area contributed by atoms with E-state index < -0.39 is 5.72 Å². The number of carbonyl (C=O) groups excluding carboxylic acids is 1. The first-order valence-corrected chi connectivity index (χ1v) is 10.6. The number of carbonyl (C=O) groups is 1. The highest BCUT2D eigenvalue weighted by atomic mass is 16.5. The van der Waals surface area contributed by atoms with E-state index in [1.807, 2.05) is 59.5 Å². The van der Waals surface area contributed by atoms with Gasteiger partial charge >= 0.3 is 0 Å². The Balaban J connectivity index is 1.55. The van der Waals surface area contributed by atoms with Crippen molar-refractivity contribution in [2.75, 3.05) is 6.61 Å². The van der Waals surface area contributed by atoms with Crippen molar-refractivity contribution in [2.45, 2.75) is 37.2 Å². The molecule has 0 bridgehead atoms. The van der Waals surface area contributed by atoms with Crippen LogP contribution in [0.25, 0.3) is 0 Å². The van der Waals surface area contributed by atoms with Gasteiger partial charge in [0.15, 0.2) is 5.72 Å². The smallest absolute Gasteiger partial charge is 0.227 e. The molecule has 1 N–H and O–H groups in total. The van der Waals surface area contributed by atoms with E-state index in [0.717, 1.165) is 11.1 Å². The van der Waals surface area contributed by atoms with Gasteiger partial charge in [0.25, 0.3) is 0 Å². The predicted octanol–water partition coefficient (Wildman–Crippen LogP) is 4.56. The van der Waals surface area contributed by atoms with Crippen LogP contribution in [0.3, 0.4) is 0 Å². The van der Waals surface area contributed by atoms with Gasteiger partial charge in [-0.2, -0.15) is 0 Å². The number of nitrogens with zero attached hydrogens (tertiary/aromatic N) is 1. The van der Waals surface area contributed by atoms with Gasteiger partial charge < -0.3 is 10.1 Å². The molecule has 2 aliphatic rings. The van der Waals surface area contributed by atoms with Crippen LogP contribution >= 0.6 is 0 Å². The number of rotatable bonds is 5. The molecule has 0 radical (unpaired) electrons. The lowest BCUT2D eigenvalue weighted by molar-refractivity contribution is -0.141. The van der Waals surface area contributed by atoms with E-state index >= 15 is 0 Å². The molecule has 152 valence electrons. The molecule has 5 rings (SSSR count). The largest absolute Gasteiger partial charge is 0.347 e. The topological polar surface area (TPSA) is 41.6 Å². The maximum absolute atomic E-state index is 13.4. The normalized spacial score (nSPS) is 26.6. The first-order valence-electron chi connectivity index (χ1n) is 10.6. The van der Waals surface area contributed by atoms with E-state index in [-0.39, 0.29) is 24.0 Å². The summed E-state index contributed by atoms with van der Waals surface area (Å²) in [5.74, 6) is 0.128. The SMILES string of the molecule is C[C@H](N[C@@H]1CC(=O)N2[C@@H](c3ccccc3)CO[C@]12c1ccccc1)c1ccccc1. The molecule has 4 heteroatoms. The molecule has 2 aliphatic heterocycles. The van der Waals surface area contributed by atoms with Crippen LogP contribution in [0.4, 0.5) is 0 Å². The van der Waals surface area contributed by atoms with E-state index in [4.69, 9.17) is 4.74 Å². The number of hydrogen-bond donors (Lipinski definition) is 1. The fourth-order valence-electron chi connectivity index (χ4n) is 4.95. The molecule has 0 spiro atoms. The molecule has 30 heavy (non-hydrogen) atoms. The van der Waals surface area contributed by atoms with Crippen LogP contribution in [-0.2, 0) is 15.3 Å². The molecule has 1 amide bonds. The first kappa shape index (κ1) is 19.0. The fraction of sp³-hybridized carbons (Fsp3) is 0.269. The average Bonchev–Trinajstić information content (AvgIpc) is 3.33. The zero-order valence-corrected chi connectivity index (χ0v) is 17.1. The second-order valence-corrected chi connectivity index (χ2v) is 8.12. The monoisotopic (exact) mass is 398 g/mol. The minimum Gasteiger partial charge on any atom is -0.347 e. The van der Waals surface area contributed by atoms with E-state index in [1.54, 1.807) is 0 Å². The van der Waals surface area contributed by atoms with Crippen LogP contribution in [0.1, 0.15) is 42.1 Å². The Morgan fingerprint density at radius 3 is 2.20 bits per heavy atom. The van der Waals surface area contributed by atoms with E-state index in [1.165, 1.54) is 5.56 Å². The predicted molar refractivity (Wildman–Crippen MR) is 116 cm³/mol. The van der Waals surface area contributed by atoms with Gasteiger partial charge in [-0.15, -0.1) is 0 Å². The number of ether oxygens (including phenoxy) is 1. The molecule has 3 aromatic carbocycles. The lowest BCUT2D eigenvalue weighted by Crippen LogP contribution is -2.51. The summed E-state index contributed by atoms with van der Waals surface area (Å²) in [5, 5.41) is 3.72. The Hall–Kier alpha value is -2.95. The first-order chi connectivity index (χ1) is 14.7. The third kappa shape index (κ3) is 3.04. The van der Waals surface area contributed by atoms with Crippen LogP contribution in [0, 0.1) is 0 Å². The van der Waals surface area contributed by atoms with Crippen LogP contribution in [0.2, 0.25) is 0 Å². The molecule has 4 nitrogen and oxygen atoms in total. The molecule has 0 aromatic heterocycles. The lowest BCUT2D eigenvalue weighted by Gasteiger charge is -2.39. The summed E-state index contributed by atoms with van der Waals surface area (Å²) in [6, 6.07) is 30.6. The molecule has 4 atom stereocenters. The van der Waals surface area contributed by atoms with Crippen molar-refractivity contribution in [3.8, 4) is 0 Å². The summed E-state index contributed by atoms with van der Waals surface area (Å²) in [6.45, 7) is 2.63.